The summed E-state index contributed by atoms with van der Waals surface area (Å²) in [6, 6.07) is 1.13. The first-order chi connectivity index (χ1) is 14.0. The average molecular weight is 434 g/mol. The lowest BCUT2D eigenvalue weighted by molar-refractivity contribution is 0.262. The first kappa shape index (κ1) is 18.3. The Morgan fingerprint density at radius 3 is 2.83 bits per heavy atom. The highest BCUT2D eigenvalue weighted by Gasteiger charge is 2.34. The third-order valence-electron chi connectivity index (χ3n) is 5.08. The second kappa shape index (κ2) is 6.95. The number of nitrogens with one attached hydrogen (secondary N) is 3. The monoisotopic (exact) mass is 433 g/mol. The molecule has 1 aliphatic heterocycles. The molecular formula is C17H19N7O3S2. The van der Waals surface area contributed by atoms with Crippen LogP contribution in [0.4, 0.5) is 16.3 Å². The Kier molecular flexibility index (Phi) is 4.39. The number of nitrogens with zero attached hydrogens (tertiary/aromatic N) is 4. The Morgan fingerprint density at radius 2 is 2.14 bits per heavy atom. The van der Waals surface area contributed by atoms with Crippen LogP contribution < -0.4 is 10.6 Å². The van der Waals surface area contributed by atoms with E-state index in [0.717, 1.165) is 23.5 Å². The molecule has 12 heteroatoms. The first-order valence-corrected chi connectivity index (χ1v) is 12.0. The van der Waals surface area contributed by atoms with E-state index in [1.165, 1.54) is 17.5 Å². The minimum Gasteiger partial charge on any atom is -0.304 e. The van der Waals surface area contributed by atoms with E-state index in [-0.39, 0.29) is 17.5 Å². The third-order valence-corrected chi connectivity index (χ3v) is 7.62. The quantitative estimate of drug-likeness (QED) is 0.566. The van der Waals surface area contributed by atoms with Crippen molar-refractivity contribution in [2.75, 3.05) is 22.1 Å². The van der Waals surface area contributed by atoms with Crippen LogP contribution >= 0.6 is 11.3 Å². The van der Waals surface area contributed by atoms with E-state index in [0.29, 0.717) is 29.5 Å². The number of H-pyrrole nitrogens is 1. The molecule has 4 heterocycles. The Morgan fingerprint density at radius 1 is 1.28 bits per heavy atom. The maximum atomic E-state index is 12.7. The van der Waals surface area contributed by atoms with Gasteiger partial charge in [0.15, 0.2) is 9.84 Å². The summed E-state index contributed by atoms with van der Waals surface area (Å²) in [6.07, 6.45) is 5.83. The summed E-state index contributed by atoms with van der Waals surface area (Å²) in [5, 5.41) is 19.6. The summed E-state index contributed by atoms with van der Waals surface area (Å²) in [6.45, 7) is 0. The van der Waals surface area contributed by atoms with Gasteiger partial charge in [0.2, 0.25) is 0 Å². The molecule has 2 amide bonds. The van der Waals surface area contributed by atoms with Crippen molar-refractivity contribution in [3.8, 4) is 10.7 Å². The normalized spacial score (nSPS) is 20.6. The third kappa shape index (κ3) is 3.77. The highest BCUT2D eigenvalue weighted by Crippen LogP contribution is 2.41. The number of aromatic nitrogens is 5. The van der Waals surface area contributed by atoms with E-state index in [2.05, 4.69) is 30.9 Å². The zero-order valence-electron chi connectivity index (χ0n) is 15.3. The molecule has 0 aromatic carbocycles. The van der Waals surface area contributed by atoms with Gasteiger partial charge < -0.3 is 5.32 Å². The van der Waals surface area contributed by atoms with Crippen molar-refractivity contribution >= 4 is 38.7 Å². The van der Waals surface area contributed by atoms with Crippen LogP contribution in [-0.4, -0.2) is 50.9 Å². The molecule has 3 aromatic heterocycles. The van der Waals surface area contributed by atoms with Gasteiger partial charge >= 0.3 is 6.03 Å². The number of carbonyl (C=O) groups excluding carboxylic acids is 1. The number of hydrogen-bond acceptors (Lipinski definition) is 7. The predicted molar refractivity (Wildman–Crippen MR) is 109 cm³/mol. The first-order valence-electron chi connectivity index (χ1n) is 9.29. The fraction of sp³-hybridized carbons (Fsp3) is 0.412. The molecule has 152 valence electrons. The van der Waals surface area contributed by atoms with Crippen molar-refractivity contribution in [3.05, 3.63) is 29.5 Å². The summed E-state index contributed by atoms with van der Waals surface area (Å²) in [5.41, 5.74) is 2.04. The maximum Gasteiger partial charge on any atom is 0.324 e. The Bertz CT molecular complexity index is 1150. The number of hydrogen-bond donors (Lipinski definition) is 3. The minimum absolute atomic E-state index is 0.0466. The van der Waals surface area contributed by atoms with E-state index in [9.17, 15) is 13.2 Å². The molecule has 0 spiro atoms. The molecule has 5 rings (SSSR count). The molecule has 0 bridgehead atoms. The second-order valence-corrected chi connectivity index (χ2v) is 10.4. The van der Waals surface area contributed by atoms with Crippen LogP contribution in [0.5, 0.6) is 0 Å². The van der Waals surface area contributed by atoms with Crippen LogP contribution in [0.15, 0.2) is 23.8 Å². The molecule has 1 unspecified atom stereocenters. The molecular weight excluding hydrogens is 414 g/mol. The van der Waals surface area contributed by atoms with Crippen LogP contribution in [-0.2, 0) is 9.84 Å². The van der Waals surface area contributed by atoms with Crippen molar-refractivity contribution in [2.45, 2.75) is 31.2 Å². The minimum atomic E-state index is -3.06. The van der Waals surface area contributed by atoms with Crippen LogP contribution in [0.1, 0.15) is 36.9 Å². The maximum absolute atomic E-state index is 12.7. The Hall–Kier alpha value is -2.73. The van der Waals surface area contributed by atoms with E-state index < -0.39 is 15.9 Å². The van der Waals surface area contributed by atoms with Crippen LogP contribution in [0.2, 0.25) is 0 Å². The Labute approximate surface area is 170 Å². The van der Waals surface area contributed by atoms with Crippen molar-refractivity contribution in [1.82, 2.24) is 25.0 Å². The predicted octanol–water partition coefficient (Wildman–Crippen LogP) is 2.61. The van der Waals surface area contributed by atoms with Gasteiger partial charge in [0.05, 0.1) is 35.1 Å². The highest BCUT2D eigenvalue weighted by molar-refractivity contribution is 7.91. The fourth-order valence-electron chi connectivity index (χ4n) is 3.49. The van der Waals surface area contributed by atoms with Gasteiger partial charge in [-0.1, -0.05) is 0 Å². The lowest BCUT2D eigenvalue weighted by atomic mass is 10.3. The number of sulfone groups is 1. The summed E-state index contributed by atoms with van der Waals surface area (Å²) in [5.74, 6) is 1.09. The molecule has 2 fully saturated rings. The van der Waals surface area contributed by atoms with Gasteiger partial charge in [-0.05, 0) is 19.3 Å². The van der Waals surface area contributed by atoms with Crippen LogP contribution in [0.3, 0.4) is 0 Å². The zero-order chi connectivity index (χ0) is 20.0. The molecule has 0 radical (unpaired) electrons. The molecule has 10 nitrogen and oxygen atoms in total. The van der Waals surface area contributed by atoms with Gasteiger partial charge in [0.25, 0.3) is 0 Å². The molecule has 2 aliphatic rings. The topological polar surface area (TPSA) is 135 Å². The van der Waals surface area contributed by atoms with Gasteiger partial charge in [-0.15, -0.1) is 11.3 Å². The SMILES string of the molecule is O=C(Nc1cn[nH]c1-c1nccs1)Nc1cc(C2CC2)nn1C1CCS(=O)(=O)C1. The number of rotatable bonds is 5. The largest absolute Gasteiger partial charge is 0.324 e. The van der Waals surface area contributed by atoms with Crippen molar-refractivity contribution < 1.29 is 13.2 Å². The van der Waals surface area contributed by atoms with E-state index in [1.54, 1.807) is 10.9 Å². The van der Waals surface area contributed by atoms with E-state index >= 15 is 0 Å². The standard InChI is InChI=1S/C17H19N7O3S2/c25-17(20-13-8-19-22-15(13)16-18-4-5-28-16)21-14-7-12(10-1-2-10)23-24(14)11-3-6-29(26,27)9-11/h4-5,7-8,10-11H,1-3,6,9H2,(H,19,22)(H2,20,21,25). The summed E-state index contributed by atoms with van der Waals surface area (Å²) < 4.78 is 25.5. The summed E-state index contributed by atoms with van der Waals surface area (Å²) in [4.78, 5) is 16.9. The number of thiazole rings is 1. The number of urea groups is 1. The number of anilines is 2. The fourth-order valence-corrected chi connectivity index (χ4v) is 5.83. The van der Waals surface area contributed by atoms with Gasteiger partial charge in [0, 0.05) is 23.6 Å². The molecule has 1 atom stereocenters. The molecule has 3 aromatic rings. The van der Waals surface area contributed by atoms with Crippen LogP contribution in [0.25, 0.3) is 10.7 Å². The Balaban J connectivity index is 1.36. The second-order valence-electron chi connectivity index (χ2n) is 7.31. The van der Waals surface area contributed by atoms with E-state index in [1.807, 2.05) is 11.4 Å². The van der Waals surface area contributed by atoms with Crippen LogP contribution in [0, 0.1) is 0 Å². The molecule has 1 saturated heterocycles. The highest BCUT2D eigenvalue weighted by atomic mass is 32.2. The van der Waals surface area contributed by atoms with Crippen molar-refractivity contribution in [3.63, 3.8) is 0 Å². The molecule has 3 N–H and O–H groups in total. The molecule has 1 saturated carbocycles. The summed E-state index contributed by atoms with van der Waals surface area (Å²) >= 11 is 1.43. The lowest BCUT2D eigenvalue weighted by Gasteiger charge is -2.14. The van der Waals surface area contributed by atoms with E-state index in [4.69, 9.17) is 0 Å². The number of carbonyl (C=O) groups is 1. The summed E-state index contributed by atoms with van der Waals surface area (Å²) in [7, 11) is -3.06. The van der Waals surface area contributed by atoms with Gasteiger partial charge in [-0.25, -0.2) is 22.9 Å². The average Bonchev–Trinajstić information content (AvgIpc) is 3.08. The zero-order valence-corrected chi connectivity index (χ0v) is 17.0. The van der Waals surface area contributed by atoms with Gasteiger partial charge in [-0.2, -0.15) is 10.2 Å². The number of amides is 2. The number of aromatic amines is 1. The van der Waals surface area contributed by atoms with Crippen molar-refractivity contribution in [2.24, 2.45) is 0 Å². The smallest absolute Gasteiger partial charge is 0.304 e. The van der Waals surface area contributed by atoms with Crippen molar-refractivity contribution in [1.29, 1.82) is 0 Å². The van der Waals surface area contributed by atoms with Gasteiger partial charge in [0.1, 0.15) is 16.5 Å². The van der Waals surface area contributed by atoms with Gasteiger partial charge in [-0.3, -0.25) is 10.4 Å². The molecule has 1 aliphatic carbocycles. The lowest BCUT2D eigenvalue weighted by Crippen LogP contribution is -2.23. The molecule has 29 heavy (non-hydrogen) atoms.